The molecule has 0 aromatic heterocycles. The highest BCUT2D eigenvalue weighted by Crippen LogP contribution is 2.84. The number of Topliss-reactive ketones (excluding diaryl/α,β-unsaturated/α-hetero) is 1. The number of hydrogen-bond donors (Lipinski definition) is 2. The van der Waals surface area contributed by atoms with Crippen LogP contribution < -0.4 is 0 Å². The number of carbonyl (C=O) groups excluding carboxylic acids is 1. The number of ether oxygens (including phenoxy) is 1. The van der Waals surface area contributed by atoms with Crippen LogP contribution in [0.3, 0.4) is 0 Å². The summed E-state index contributed by atoms with van der Waals surface area (Å²) in [6, 6.07) is 0. The lowest BCUT2D eigenvalue weighted by atomic mass is 9.46. The minimum atomic E-state index is -0.845. The van der Waals surface area contributed by atoms with Crippen molar-refractivity contribution in [2.24, 2.45) is 38.9 Å². The van der Waals surface area contributed by atoms with Crippen LogP contribution in [0.15, 0.2) is 11.6 Å². The molecule has 1 saturated heterocycles. The molecule has 35 heavy (non-hydrogen) atoms. The summed E-state index contributed by atoms with van der Waals surface area (Å²) >= 11 is 0. The van der Waals surface area contributed by atoms with Gasteiger partial charge in [0, 0.05) is 17.4 Å². The maximum absolute atomic E-state index is 14.0. The second-order valence-electron chi connectivity index (χ2n) is 14.4. The van der Waals surface area contributed by atoms with Crippen molar-refractivity contribution in [3.8, 4) is 0 Å². The second kappa shape index (κ2) is 7.43. The summed E-state index contributed by atoms with van der Waals surface area (Å²) in [5, 5.41) is 20.1. The van der Waals surface area contributed by atoms with Gasteiger partial charge in [0.25, 0.3) is 0 Å². The van der Waals surface area contributed by atoms with Crippen molar-refractivity contribution in [2.75, 3.05) is 0 Å². The van der Waals surface area contributed by atoms with Crippen molar-refractivity contribution in [2.45, 2.75) is 124 Å². The van der Waals surface area contributed by atoms with Crippen molar-refractivity contribution >= 4 is 11.8 Å². The summed E-state index contributed by atoms with van der Waals surface area (Å²) in [5.74, 6) is 0.289. The second-order valence-corrected chi connectivity index (χ2v) is 14.4. The number of fused-ring (bicyclic) bond motifs is 1. The molecule has 0 aromatic carbocycles. The fraction of sp³-hybridized carbons (Fsp3) is 0.867. The number of aliphatic hydroxyl groups excluding tert-OH is 1. The van der Waals surface area contributed by atoms with Crippen LogP contribution in [0.2, 0.25) is 0 Å². The Morgan fingerprint density at radius 1 is 1.17 bits per heavy atom. The Bertz CT molecular complexity index is 983. The molecule has 5 nitrogen and oxygen atoms in total. The molecule has 1 aliphatic heterocycles. The van der Waals surface area contributed by atoms with Gasteiger partial charge in [-0.05, 0) is 86.4 Å². The molecule has 9 atom stereocenters. The van der Waals surface area contributed by atoms with Crippen molar-refractivity contribution in [3.63, 3.8) is 0 Å². The van der Waals surface area contributed by atoms with Gasteiger partial charge in [-0.2, -0.15) is 0 Å². The van der Waals surface area contributed by atoms with E-state index in [4.69, 9.17) is 4.74 Å². The molecule has 1 heterocycles. The van der Waals surface area contributed by atoms with Gasteiger partial charge in [0.15, 0.2) is 0 Å². The third-order valence-corrected chi connectivity index (χ3v) is 12.8. The molecule has 2 N–H and O–H groups in total. The Labute approximate surface area is 211 Å². The first-order chi connectivity index (χ1) is 16.1. The van der Waals surface area contributed by atoms with E-state index in [1.807, 2.05) is 6.08 Å². The van der Waals surface area contributed by atoms with Crippen LogP contribution in [0.1, 0.15) is 106 Å². The molecule has 5 rings (SSSR count). The summed E-state index contributed by atoms with van der Waals surface area (Å²) in [5.41, 5.74) is -0.596. The quantitative estimate of drug-likeness (QED) is 0.371. The molecular weight excluding hydrogens is 440 g/mol. The summed E-state index contributed by atoms with van der Waals surface area (Å²) in [7, 11) is 0. The zero-order valence-corrected chi connectivity index (χ0v) is 22.9. The molecule has 0 amide bonds. The number of carboxylic acids is 1. The number of aliphatic hydroxyl groups is 1. The van der Waals surface area contributed by atoms with Gasteiger partial charge >= 0.3 is 5.97 Å². The first kappa shape index (κ1) is 25.4. The fourth-order valence-electron chi connectivity index (χ4n) is 10.3. The van der Waals surface area contributed by atoms with E-state index in [0.717, 1.165) is 51.4 Å². The molecule has 5 aliphatic rings. The third-order valence-electron chi connectivity index (χ3n) is 12.8. The Morgan fingerprint density at radius 2 is 1.86 bits per heavy atom. The van der Waals surface area contributed by atoms with E-state index < -0.39 is 11.4 Å². The minimum absolute atomic E-state index is 0.0400. The van der Waals surface area contributed by atoms with Crippen LogP contribution in [0.25, 0.3) is 0 Å². The van der Waals surface area contributed by atoms with Crippen LogP contribution >= 0.6 is 0 Å². The molecule has 2 spiro atoms. The summed E-state index contributed by atoms with van der Waals surface area (Å²) in [4.78, 5) is 25.2. The zero-order valence-electron chi connectivity index (χ0n) is 22.9. The maximum atomic E-state index is 14.0. The number of ketones is 1. The SMILES string of the molecule is C/C(=C\CC[C@@H](C)[C@@]1(C)C[C@@H]2O[C@@]23[C@]2(CC4C(C)(C)[C@H](O)CC[C@]4(C)C2)C(=O)CC[C@@]31C)C(=O)O. The zero-order chi connectivity index (χ0) is 25.8. The Kier molecular flexibility index (Phi) is 5.40. The predicted octanol–water partition coefficient (Wildman–Crippen LogP) is 5.93. The Balaban J connectivity index is 1.49. The van der Waals surface area contributed by atoms with Gasteiger partial charge in [0.2, 0.25) is 0 Å². The Hall–Kier alpha value is -1.20. The summed E-state index contributed by atoms with van der Waals surface area (Å²) < 4.78 is 6.75. The lowest BCUT2D eigenvalue weighted by Gasteiger charge is -2.57. The molecule has 4 aliphatic carbocycles. The van der Waals surface area contributed by atoms with E-state index in [-0.39, 0.29) is 39.5 Å². The van der Waals surface area contributed by atoms with Gasteiger partial charge in [-0.3, -0.25) is 4.79 Å². The van der Waals surface area contributed by atoms with Crippen LogP contribution in [0.5, 0.6) is 0 Å². The standard InChI is InChI=1S/C30H46O5/c1-18(24(33)34)9-8-10-19(2)27(6)16-23-30(35-23)28(27,7)14-12-22(32)29(30)15-20-25(3,4)21(31)11-13-26(20,5)17-29/h9,19-21,23,31H,8,10-17H2,1-7H3,(H,33,34)/b18-9+/t19-,20?,21-,23+,26-,27-,28-,29+,30+/m1/s1. The highest BCUT2D eigenvalue weighted by molar-refractivity contribution is 5.89. The molecular formula is C30H46O5. The number of epoxide rings is 1. The van der Waals surface area contributed by atoms with Gasteiger partial charge in [-0.15, -0.1) is 0 Å². The molecule has 5 fully saturated rings. The highest BCUT2D eigenvalue weighted by Gasteiger charge is 2.89. The van der Waals surface area contributed by atoms with Crippen LogP contribution in [0.4, 0.5) is 0 Å². The van der Waals surface area contributed by atoms with E-state index in [1.165, 1.54) is 0 Å². The predicted molar refractivity (Wildman–Crippen MR) is 135 cm³/mol. The van der Waals surface area contributed by atoms with Gasteiger partial charge in [0.1, 0.15) is 11.4 Å². The maximum Gasteiger partial charge on any atom is 0.330 e. The number of allylic oxidation sites excluding steroid dienone is 1. The third kappa shape index (κ3) is 2.94. The van der Waals surface area contributed by atoms with Crippen LogP contribution in [-0.2, 0) is 14.3 Å². The fourth-order valence-corrected chi connectivity index (χ4v) is 10.3. The topological polar surface area (TPSA) is 87.1 Å². The summed E-state index contributed by atoms with van der Waals surface area (Å²) in [6.07, 6.45) is 9.42. The Morgan fingerprint density at radius 3 is 2.51 bits per heavy atom. The molecule has 196 valence electrons. The van der Waals surface area contributed by atoms with Gasteiger partial charge in [-0.25, -0.2) is 4.79 Å². The first-order valence-electron chi connectivity index (χ1n) is 13.9. The summed E-state index contributed by atoms with van der Waals surface area (Å²) in [6.45, 7) is 15.6. The monoisotopic (exact) mass is 486 g/mol. The lowest BCUT2D eigenvalue weighted by molar-refractivity contribution is -0.163. The van der Waals surface area contributed by atoms with Crippen molar-refractivity contribution in [3.05, 3.63) is 11.6 Å². The molecule has 0 aromatic rings. The molecule has 0 radical (unpaired) electrons. The average molecular weight is 487 g/mol. The highest BCUT2D eigenvalue weighted by atomic mass is 16.6. The van der Waals surface area contributed by atoms with Crippen LogP contribution in [-0.4, -0.2) is 39.8 Å². The number of aliphatic carboxylic acids is 1. The smallest absolute Gasteiger partial charge is 0.330 e. The molecule has 1 unspecified atom stereocenters. The number of carboxylic acid groups (broad SMARTS) is 1. The number of rotatable bonds is 5. The number of hydrogen-bond acceptors (Lipinski definition) is 4. The van der Waals surface area contributed by atoms with Crippen LogP contribution in [0, 0.1) is 38.9 Å². The van der Waals surface area contributed by atoms with E-state index in [9.17, 15) is 19.8 Å². The average Bonchev–Trinajstić information content (AvgIpc) is 3.34. The van der Waals surface area contributed by atoms with Crippen molar-refractivity contribution < 1.29 is 24.5 Å². The van der Waals surface area contributed by atoms with E-state index >= 15 is 0 Å². The van der Waals surface area contributed by atoms with Gasteiger partial charge < -0.3 is 14.9 Å². The number of carbonyl (C=O) groups is 2. The largest absolute Gasteiger partial charge is 0.478 e. The molecule has 0 bridgehead atoms. The molecule has 4 saturated carbocycles. The van der Waals surface area contributed by atoms with Gasteiger partial charge in [-0.1, -0.05) is 47.6 Å². The first-order valence-corrected chi connectivity index (χ1v) is 13.9. The normalized spacial score (nSPS) is 51.0. The lowest BCUT2D eigenvalue weighted by Crippen LogP contribution is -2.61. The van der Waals surface area contributed by atoms with Crippen molar-refractivity contribution in [1.82, 2.24) is 0 Å². The minimum Gasteiger partial charge on any atom is -0.478 e. The van der Waals surface area contributed by atoms with Gasteiger partial charge in [0.05, 0.1) is 17.6 Å². The molecule has 5 heteroatoms. The van der Waals surface area contributed by atoms with E-state index in [0.29, 0.717) is 29.6 Å². The van der Waals surface area contributed by atoms with E-state index in [1.54, 1.807) is 6.92 Å². The van der Waals surface area contributed by atoms with Crippen molar-refractivity contribution in [1.29, 1.82) is 0 Å². The van der Waals surface area contributed by atoms with E-state index in [2.05, 4.69) is 41.5 Å².